The van der Waals surface area contributed by atoms with Gasteiger partial charge in [0.2, 0.25) is 0 Å². The number of pyridine rings is 1. The fourth-order valence-corrected chi connectivity index (χ4v) is 1.82. The van der Waals surface area contributed by atoms with E-state index in [9.17, 15) is 0 Å². The maximum atomic E-state index is 6.07. The van der Waals surface area contributed by atoms with Crippen LogP contribution in [0, 0.1) is 0 Å². The molecule has 0 aliphatic rings. The Hall–Kier alpha value is -1.32. The van der Waals surface area contributed by atoms with Crippen molar-refractivity contribution in [2.45, 2.75) is 12.5 Å². The molecule has 0 amide bonds. The summed E-state index contributed by atoms with van der Waals surface area (Å²) in [6, 6.07) is 5.90. The van der Waals surface area contributed by atoms with Crippen LogP contribution in [0.25, 0.3) is 0 Å². The Morgan fingerprint density at radius 1 is 1.50 bits per heavy atom. The number of rotatable bonds is 4. The molecule has 1 N–H and O–H groups in total. The molecule has 2 aromatic rings. The Labute approximate surface area is 99.5 Å². The lowest BCUT2D eigenvalue weighted by Gasteiger charge is -2.14. The minimum absolute atomic E-state index is 0.134. The highest BCUT2D eigenvalue weighted by Gasteiger charge is 2.14. The van der Waals surface area contributed by atoms with E-state index in [4.69, 9.17) is 16.0 Å². The van der Waals surface area contributed by atoms with Gasteiger partial charge in [-0.3, -0.25) is 4.98 Å². The number of aromatic nitrogens is 1. The molecule has 0 saturated heterocycles. The van der Waals surface area contributed by atoms with E-state index < -0.39 is 0 Å². The van der Waals surface area contributed by atoms with Gasteiger partial charge in [-0.25, -0.2) is 0 Å². The number of nitrogens with zero attached hydrogens (tertiary/aromatic N) is 1. The second kappa shape index (κ2) is 5.14. The van der Waals surface area contributed by atoms with E-state index in [1.54, 1.807) is 18.7 Å². The van der Waals surface area contributed by atoms with E-state index in [0.29, 0.717) is 5.02 Å². The molecule has 1 atom stereocenters. The standard InChI is InChI=1S/C12H13ClN2O/c1-14-11(12-3-2-6-16-12)7-9-4-5-15-8-10(9)13/h2-6,8,11,14H,7H2,1H3. The summed E-state index contributed by atoms with van der Waals surface area (Å²) in [6.07, 6.45) is 5.86. The first-order chi connectivity index (χ1) is 7.81. The van der Waals surface area contributed by atoms with Gasteiger partial charge in [-0.15, -0.1) is 0 Å². The predicted molar refractivity (Wildman–Crippen MR) is 63.5 cm³/mol. The summed E-state index contributed by atoms with van der Waals surface area (Å²) in [7, 11) is 1.91. The Morgan fingerprint density at radius 2 is 2.38 bits per heavy atom. The summed E-state index contributed by atoms with van der Waals surface area (Å²) < 4.78 is 5.38. The van der Waals surface area contributed by atoms with Crippen molar-refractivity contribution in [1.29, 1.82) is 0 Å². The molecule has 0 fully saturated rings. The van der Waals surface area contributed by atoms with Gasteiger partial charge in [0.05, 0.1) is 17.3 Å². The molecule has 0 aliphatic carbocycles. The number of nitrogens with one attached hydrogen (secondary N) is 1. The smallest absolute Gasteiger partial charge is 0.121 e. The molecule has 0 spiro atoms. The zero-order chi connectivity index (χ0) is 11.4. The Bertz CT molecular complexity index is 442. The fraction of sp³-hybridized carbons (Fsp3) is 0.250. The van der Waals surface area contributed by atoms with Crippen LogP contribution in [0.2, 0.25) is 5.02 Å². The Kier molecular flexibility index (Phi) is 3.59. The van der Waals surface area contributed by atoms with Crippen molar-refractivity contribution in [2.75, 3.05) is 7.05 Å². The van der Waals surface area contributed by atoms with Gasteiger partial charge < -0.3 is 9.73 Å². The molecule has 0 aliphatic heterocycles. The number of furan rings is 1. The van der Waals surface area contributed by atoms with Crippen LogP contribution < -0.4 is 5.32 Å². The zero-order valence-electron chi connectivity index (χ0n) is 8.98. The van der Waals surface area contributed by atoms with Crippen molar-refractivity contribution in [1.82, 2.24) is 10.3 Å². The van der Waals surface area contributed by atoms with E-state index in [2.05, 4.69) is 10.3 Å². The average molecular weight is 237 g/mol. The third kappa shape index (κ3) is 2.43. The second-order valence-corrected chi connectivity index (χ2v) is 3.94. The summed E-state index contributed by atoms with van der Waals surface area (Å²) >= 11 is 6.07. The highest BCUT2D eigenvalue weighted by Crippen LogP contribution is 2.22. The molecular formula is C12H13ClN2O. The van der Waals surface area contributed by atoms with Gasteiger partial charge in [0.15, 0.2) is 0 Å². The average Bonchev–Trinajstić information content (AvgIpc) is 2.81. The van der Waals surface area contributed by atoms with E-state index in [1.807, 2.05) is 25.2 Å². The Balaban J connectivity index is 2.17. The van der Waals surface area contributed by atoms with Crippen LogP contribution in [-0.2, 0) is 6.42 Å². The van der Waals surface area contributed by atoms with Crippen LogP contribution in [0.3, 0.4) is 0 Å². The first-order valence-electron chi connectivity index (χ1n) is 5.10. The van der Waals surface area contributed by atoms with Crippen LogP contribution in [0.5, 0.6) is 0 Å². The van der Waals surface area contributed by atoms with Crippen molar-refractivity contribution in [3.8, 4) is 0 Å². The number of hydrogen-bond donors (Lipinski definition) is 1. The normalized spacial score (nSPS) is 12.6. The van der Waals surface area contributed by atoms with E-state index in [1.165, 1.54) is 0 Å². The molecule has 84 valence electrons. The van der Waals surface area contributed by atoms with Crippen LogP contribution in [0.15, 0.2) is 41.3 Å². The SMILES string of the molecule is CNC(Cc1ccncc1Cl)c1ccco1. The van der Waals surface area contributed by atoms with Crippen molar-refractivity contribution in [3.05, 3.63) is 53.2 Å². The Morgan fingerprint density at radius 3 is 3.00 bits per heavy atom. The molecule has 4 heteroatoms. The summed E-state index contributed by atoms with van der Waals surface area (Å²) in [5.74, 6) is 0.912. The van der Waals surface area contributed by atoms with Crippen molar-refractivity contribution in [2.24, 2.45) is 0 Å². The van der Waals surface area contributed by atoms with Crippen LogP contribution in [0.1, 0.15) is 17.4 Å². The third-order valence-corrected chi connectivity index (χ3v) is 2.86. The van der Waals surface area contributed by atoms with Gasteiger partial charge in [0.1, 0.15) is 5.76 Å². The maximum absolute atomic E-state index is 6.07. The van der Waals surface area contributed by atoms with E-state index in [0.717, 1.165) is 17.7 Å². The van der Waals surface area contributed by atoms with Gasteiger partial charge in [-0.1, -0.05) is 11.6 Å². The summed E-state index contributed by atoms with van der Waals surface area (Å²) in [4.78, 5) is 3.96. The fourth-order valence-electron chi connectivity index (χ4n) is 1.62. The van der Waals surface area contributed by atoms with Crippen LogP contribution in [0.4, 0.5) is 0 Å². The minimum Gasteiger partial charge on any atom is -0.468 e. The first-order valence-corrected chi connectivity index (χ1v) is 5.48. The molecule has 2 rings (SSSR count). The van der Waals surface area contributed by atoms with Crippen molar-refractivity contribution < 1.29 is 4.42 Å². The maximum Gasteiger partial charge on any atom is 0.121 e. The number of likely N-dealkylation sites (N-methyl/N-ethyl adjacent to an activating group) is 1. The monoisotopic (exact) mass is 236 g/mol. The van der Waals surface area contributed by atoms with Gasteiger partial charge in [-0.2, -0.15) is 0 Å². The van der Waals surface area contributed by atoms with Gasteiger partial charge >= 0.3 is 0 Å². The third-order valence-electron chi connectivity index (χ3n) is 2.52. The molecular weight excluding hydrogens is 224 g/mol. The topological polar surface area (TPSA) is 38.1 Å². The lowest BCUT2D eigenvalue weighted by atomic mass is 10.1. The summed E-state index contributed by atoms with van der Waals surface area (Å²) in [5.41, 5.74) is 1.06. The molecule has 0 radical (unpaired) electrons. The molecule has 16 heavy (non-hydrogen) atoms. The summed E-state index contributed by atoms with van der Waals surface area (Å²) in [6.45, 7) is 0. The second-order valence-electron chi connectivity index (χ2n) is 3.53. The van der Waals surface area contributed by atoms with Gasteiger partial charge in [-0.05, 0) is 37.2 Å². The lowest BCUT2D eigenvalue weighted by molar-refractivity contribution is 0.429. The highest BCUT2D eigenvalue weighted by atomic mass is 35.5. The van der Waals surface area contributed by atoms with Crippen molar-refractivity contribution in [3.63, 3.8) is 0 Å². The molecule has 2 aromatic heterocycles. The summed E-state index contributed by atoms with van der Waals surface area (Å²) in [5, 5.41) is 3.90. The molecule has 0 bridgehead atoms. The molecule has 2 heterocycles. The molecule has 0 saturated carbocycles. The van der Waals surface area contributed by atoms with Crippen molar-refractivity contribution >= 4 is 11.6 Å². The molecule has 0 aromatic carbocycles. The first kappa shape index (κ1) is 11.2. The number of halogens is 1. The van der Waals surface area contributed by atoms with E-state index >= 15 is 0 Å². The predicted octanol–water partition coefficient (Wildman–Crippen LogP) is 2.83. The van der Waals surface area contributed by atoms with E-state index in [-0.39, 0.29) is 6.04 Å². The molecule has 1 unspecified atom stereocenters. The quantitative estimate of drug-likeness (QED) is 0.887. The highest BCUT2D eigenvalue weighted by molar-refractivity contribution is 6.31. The van der Waals surface area contributed by atoms with Crippen LogP contribution >= 0.6 is 11.6 Å². The lowest BCUT2D eigenvalue weighted by Crippen LogP contribution is -2.18. The molecule has 3 nitrogen and oxygen atoms in total. The number of hydrogen-bond acceptors (Lipinski definition) is 3. The minimum atomic E-state index is 0.134. The largest absolute Gasteiger partial charge is 0.468 e. The van der Waals surface area contributed by atoms with Gasteiger partial charge in [0.25, 0.3) is 0 Å². The zero-order valence-corrected chi connectivity index (χ0v) is 9.74. The van der Waals surface area contributed by atoms with Crippen LogP contribution in [-0.4, -0.2) is 12.0 Å². The van der Waals surface area contributed by atoms with Gasteiger partial charge in [0, 0.05) is 12.4 Å².